The smallest absolute Gasteiger partial charge is 0.270 e. The maximum Gasteiger partial charge on any atom is 0.270 e. The number of Topliss-reactive ketones (excluding diaryl/α,β-unsaturated/α-hetero) is 1. The van der Waals surface area contributed by atoms with Crippen LogP contribution in [0.15, 0.2) is 60.6 Å². The molecule has 8 heteroatoms. The predicted octanol–water partition coefficient (Wildman–Crippen LogP) is 4.27. The number of carbonyl (C=O) groups excluding carboxylic acids is 1. The summed E-state index contributed by atoms with van der Waals surface area (Å²) in [6.07, 6.45) is 5.09. The number of aryl methyl sites for hydroxylation is 1. The molecule has 8 nitrogen and oxygen atoms in total. The molecule has 1 aromatic heterocycles. The van der Waals surface area contributed by atoms with Crippen LogP contribution >= 0.6 is 0 Å². The number of fused-ring (bicyclic) bond motifs is 3. The van der Waals surface area contributed by atoms with E-state index in [4.69, 9.17) is 9.47 Å². The van der Waals surface area contributed by atoms with Crippen molar-refractivity contribution in [2.45, 2.75) is 20.0 Å². The maximum absolute atomic E-state index is 13.1. The van der Waals surface area contributed by atoms with Gasteiger partial charge in [-0.3, -0.25) is 24.8 Å². The first-order chi connectivity index (χ1) is 15.5. The highest BCUT2D eigenvalue weighted by Crippen LogP contribution is 2.44. The molecule has 0 saturated carbocycles. The molecule has 0 unspecified atom stereocenters. The summed E-state index contributed by atoms with van der Waals surface area (Å²) in [4.78, 5) is 30.0. The Balaban J connectivity index is 1.47. The number of nitro benzene ring substituents is 1. The van der Waals surface area contributed by atoms with Gasteiger partial charge in [-0.2, -0.15) is 0 Å². The Bertz CT molecular complexity index is 1270. The molecule has 2 aliphatic heterocycles. The zero-order valence-corrected chi connectivity index (χ0v) is 17.3. The second-order valence-electron chi connectivity index (χ2n) is 7.79. The lowest BCUT2D eigenvalue weighted by molar-refractivity contribution is -0.384. The second-order valence-corrected chi connectivity index (χ2v) is 7.79. The van der Waals surface area contributed by atoms with Crippen molar-refractivity contribution in [3.63, 3.8) is 0 Å². The fourth-order valence-electron chi connectivity index (χ4n) is 4.01. The third-order valence-corrected chi connectivity index (χ3v) is 5.50. The lowest BCUT2D eigenvalue weighted by atomic mass is 9.98. The van der Waals surface area contributed by atoms with Crippen molar-refractivity contribution >= 4 is 17.5 Å². The Kier molecular flexibility index (Phi) is 4.91. The molecular weight excluding hydrogens is 410 g/mol. The van der Waals surface area contributed by atoms with E-state index < -0.39 is 4.92 Å². The van der Waals surface area contributed by atoms with Crippen LogP contribution in [0.2, 0.25) is 0 Å². The third kappa shape index (κ3) is 3.61. The zero-order chi connectivity index (χ0) is 22.2. The number of ketones is 1. The van der Waals surface area contributed by atoms with Crippen LogP contribution in [0.3, 0.4) is 0 Å². The van der Waals surface area contributed by atoms with Gasteiger partial charge in [-0.15, -0.1) is 0 Å². The molecule has 2 aromatic carbocycles. The highest BCUT2D eigenvalue weighted by molar-refractivity contribution is 6.15. The van der Waals surface area contributed by atoms with Crippen LogP contribution in [0.5, 0.6) is 11.5 Å². The Morgan fingerprint density at radius 2 is 2.12 bits per heavy atom. The highest BCUT2D eigenvalue weighted by atomic mass is 16.6. The SMILES string of the molecule is Cc1cc2c(c3c1C(=O)/C(=C/c1cccc([N+](=O)[O-])c1)O3)CN(Cc1cccnc1)CO2. The van der Waals surface area contributed by atoms with Gasteiger partial charge in [0.25, 0.3) is 5.69 Å². The van der Waals surface area contributed by atoms with Gasteiger partial charge in [0, 0.05) is 37.6 Å². The van der Waals surface area contributed by atoms with E-state index >= 15 is 0 Å². The number of nitrogens with zero attached hydrogens (tertiary/aromatic N) is 3. The minimum Gasteiger partial charge on any atom is -0.478 e. The Morgan fingerprint density at radius 3 is 2.91 bits per heavy atom. The molecule has 5 rings (SSSR count). The molecular formula is C24H19N3O5. The summed E-state index contributed by atoms with van der Waals surface area (Å²) in [6, 6.07) is 11.8. The molecule has 0 spiro atoms. The van der Waals surface area contributed by atoms with E-state index in [2.05, 4.69) is 9.88 Å². The van der Waals surface area contributed by atoms with Crippen LogP contribution in [0, 0.1) is 17.0 Å². The van der Waals surface area contributed by atoms with E-state index in [1.54, 1.807) is 18.3 Å². The van der Waals surface area contributed by atoms with E-state index in [0.29, 0.717) is 42.4 Å². The Labute approximate surface area is 183 Å². The Hall–Kier alpha value is -4.04. The standard InChI is InChI=1S/C24H19N3O5/c1-15-8-20-19(13-26(14-31-20)12-17-5-3-7-25-11-17)24-22(15)23(28)21(32-24)10-16-4-2-6-18(9-16)27(29)30/h2-11H,12-14H2,1H3/b21-10-. The number of rotatable bonds is 4. The van der Waals surface area contributed by atoms with Gasteiger partial charge in [0.15, 0.2) is 5.76 Å². The molecule has 2 aliphatic rings. The van der Waals surface area contributed by atoms with Crippen molar-refractivity contribution in [1.29, 1.82) is 0 Å². The number of nitro groups is 1. The molecule has 0 bridgehead atoms. The molecule has 0 N–H and O–H groups in total. The average molecular weight is 429 g/mol. The zero-order valence-electron chi connectivity index (χ0n) is 17.3. The first-order valence-electron chi connectivity index (χ1n) is 10.1. The lowest BCUT2D eigenvalue weighted by Gasteiger charge is -2.30. The van der Waals surface area contributed by atoms with Crippen LogP contribution in [-0.2, 0) is 13.1 Å². The molecule has 3 aromatic rings. The molecule has 0 aliphatic carbocycles. The second kappa shape index (κ2) is 7.90. The summed E-state index contributed by atoms with van der Waals surface area (Å²) in [5, 5.41) is 11.1. The molecule has 0 amide bonds. The number of carbonyl (C=O) groups is 1. The fraction of sp³-hybridized carbons (Fsp3) is 0.167. The van der Waals surface area contributed by atoms with Gasteiger partial charge in [-0.05, 0) is 41.8 Å². The molecule has 0 fully saturated rings. The number of non-ortho nitro benzene ring substituents is 1. The predicted molar refractivity (Wildman–Crippen MR) is 116 cm³/mol. The fourth-order valence-corrected chi connectivity index (χ4v) is 4.01. The molecule has 0 atom stereocenters. The van der Waals surface area contributed by atoms with Crippen molar-refractivity contribution in [1.82, 2.24) is 9.88 Å². The van der Waals surface area contributed by atoms with Crippen LogP contribution in [0.25, 0.3) is 6.08 Å². The van der Waals surface area contributed by atoms with Gasteiger partial charge >= 0.3 is 0 Å². The monoisotopic (exact) mass is 429 g/mol. The maximum atomic E-state index is 13.1. The number of pyridine rings is 1. The summed E-state index contributed by atoms with van der Waals surface area (Å²) in [7, 11) is 0. The Morgan fingerprint density at radius 1 is 1.25 bits per heavy atom. The number of allylic oxidation sites excluding steroid dienone is 1. The minimum absolute atomic E-state index is 0.0460. The summed E-state index contributed by atoms with van der Waals surface area (Å²) < 4.78 is 12.0. The van der Waals surface area contributed by atoms with Crippen molar-refractivity contribution in [2.75, 3.05) is 6.73 Å². The van der Waals surface area contributed by atoms with Gasteiger partial charge in [-0.1, -0.05) is 18.2 Å². The van der Waals surface area contributed by atoms with Crippen molar-refractivity contribution in [3.05, 3.63) is 98.5 Å². The topological polar surface area (TPSA) is 94.8 Å². The first kappa shape index (κ1) is 19.9. The van der Waals surface area contributed by atoms with Crippen LogP contribution in [-0.4, -0.2) is 27.3 Å². The van der Waals surface area contributed by atoms with Gasteiger partial charge in [-0.25, -0.2) is 0 Å². The molecule has 160 valence electrons. The number of ether oxygens (including phenoxy) is 2. The summed E-state index contributed by atoms with van der Waals surface area (Å²) in [5.74, 6) is 1.10. The average Bonchev–Trinajstić information content (AvgIpc) is 3.12. The largest absolute Gasteiger partial charge is 0.478 e. The van der Waals surface area contributed by atoms with E-state index in [1.165, 1.54) is 18.2 Å². The molecule has 0 saturated heterocycles. The van der Waals surface area contributed by atoms with Gasteiger partial charge in [0.05, 0.1) is 16.1 Å². The van der Waals surface area contributed by atoms with Gasteiger partial charge in [0.2, 0.25) is 5.78 Å². The number of aromatic nitrogens is 1. The van der Waals surface area contributed by atoms with E-state index in [-0.39, 0.29) is 17.2 Å². The first-order valence-corrected chi connectivity index (χ1v) is 10.1. The lowest BCUT2D eigenvalue weighted by Crippen LogP contribution is -2.31. The normalized spacial score (nSPS) is 16.3. The molecule has 3 heterocycles. The number of benzene rings is 2. The third-order valence-electron chi connectivity index (χ3n) is 5.50. The van der Waals surface area contributed by atoms with E-state index in [0.717, 1.165) is 16.7 Å². The molecule has 0 radical (unpaired) electrons. The van der Waals surface area contributed by atoms with Crippen molar-refractivity contribution < 1.29 is 19.2 Å². The van der Waals surface area contributed by atoms with Crippen LogP contribution in [0.1, 0.15) is 32.6 Å². The summed E-state index contributed by atoms with van der Waals surface area (Å²) in [6.45, 7) is 3.48. The number of hydrogen-bond acceptors (Lipinski definition) is 7. The van der Waals surface area contributed by atoms with Gasteiger partial charge < -0.3 is 9.47 Å². The van der Waals surface area contributed by atoms with Crippen LogP contribution < -0.4 is 9.47 Å². The number of hydrogen-bond donors (Lipinski definition) is 0. The summed E-state index contributed by atoms with van der Waals surface area (Å²) in [5.41, 5.74) is 3.63. The van der Waals surface area contributed by atoms with Gasteiger partial charge in [0.1, 0.15) is 18.2 Å². The highest BCUT2D eigenvalue weighted by Gasteiger charge is 2.35. The summed E-state index contributed by atoms with van der Waals surface area (Å²) >= 11 is 0. The quantitative estimate of drug-likeness (QED) is 0.347. The van der Waals surface area contributed by atoms with Crippen molar-refractivity contribution in [2.24, 2.45) is 0 Å². The van der Waals surface area contributed by atoms with Crippen molar-refractivity contribution in [3.8, 4) is 11.5 Å². The van der Waals surface area contributed by atoms with E-state index in [1.807, 2.05) is 31.3 Å². The van der Waals surface area contributed by atoms with Crippen LogP contribution in [0.4, 0.5) is 5.69 Å². The van der Waals surface area contributed by atoms with E-state index in [9.17, 15) is 14.9 Å². The molecule has 32 heavy (non-hydrogen) atoms. The minimum atomic E-state index is -0.469.